The molecule has 0 saturated heterocycles. The lowest BCUT2D eigenvalue weighted by molar-refractivity contribution is 0.297. The van der Waals surface area contributed by atoms with E-state index in [-0.39, 0.29) is 0 Å². The van der Waals surface area contributed by atoms with E-state index in [0.29, 0.717) is 19.1 Å². The van der Waals surface area contributed by atoms with Gasteiger partial charge >= 0.3 is 0 Å². The van der Waals surface area contributed by atoms with Gasteiger partial charge in [0, 0.05) is 11.6 Å². The Morgan fingerprint density at radius 3 is 2.48 bits per heavy atom. The van der Waals surface area contributed by atoms with E-state index in [1.807, 2.05) is 30.4 Å². The Morgan fingerprint density at radius 2 is 1.70 bits per heavy atom. The highest BCUT2D eigenvalue weighted by Crippen LogP contribution is 2.33. The van der Waals surface area contributed by atoms with Gasteiger partial charge in [0.25, 0.3) is 0 Å². The predicted octanol–water partition coefficient (Wildman–Crippen LogP) is 5.32. The van der Waals surface area contributed by atoms with Crippen molar-refractivity contribution in [3.63, 3.8) is 0 Å². The first-order chi connectivity index (χ1) is 13.3. The molecule has 1 aliphatic rings. The molecule has 2 aromatic rings. The smallest absolute Gasteiger partial charge is 0.217 e. The van der Waals surface area contributed by atoms with Crippen molar-refractivity contribution in [1.29, 1.82) is 0 Å². The summed E-state index contributed by atoms with van der Waals surface area (Å²) in [4.78, 5) is 9.42. The maximum absolute atomic E-state index is 6.01. The van der Waals surface area contributed by atoms with Gasteiger partial charge in [0.15, 0.2) is 0 Å². The normalized spacial score (nSPS) is 12.4. The molecule has 142 valence electrons. The first-order valence-electron chi connectivity index (χ1n) is 9.79. The Kier molecular flexibility index (Phi) is 7.03. The van der Waals surface area contributed by atoms with Crippen LogP contribution in [0.1, 0.15) is 43.2 Å². The maximum Gasteiger partial charge on any atom is 0.217 e. The van der Waals surface area contributed by atoms with Crippen molar-refractivity contribution in [3.8, 4) is 23.1 Å². The number of allylic oxidation sites excluding steroid dienone is 2. The molecule has 4 nitrogen and oxygen atoms in total. The largest absolute Gasteiger partial charge is 0.478 e. The fourth-order valence-corrected chi connectivity index (χ4v) is 3.23. The van der Waals surface area contributed by atoms with Gasteiger partial charge in [-0.25, -0.2) is 9.97 Å². The third-order valence-corrected chi connectivity index (χ3v) is 4.63. The molecular formula is C23H28N2O2. The lowest BCUT2D eigenvalue weighted by Gasteiger charge is -2.12. The Balaban J connectivity index is 1.77. The van der Waals surface area contributed by atoms with Crippen molar-refractivity contribution >= 4 is 0 Å². The third kappa shape index (κ3) is 5.19. The van der Waals surface area contributed by atoms with Crippen LogP contribution in [0.3, 0.4) is 0 Å². The summed E-state index contributed by atoms with van der Waals surface area (Å²) in [5, 5.41) is 0. The average molecular weight is 364 g/mol. The molecule has 0 bridgehead atoms. The van der Waals surface area contributed by atoms with E-state index in [4.69, 9.17) is 14.5 Å². The van der Waals surface area contributed by atoms with Crippen LogP contribution >= 0.6 is 0 Å². The number of aryl methyl sites for hydroxylation is 1. The van der Waals surface area contributed by atoms with Crippen molar-refractivity contribution in [2.75, 3.05) is 13.2 Å². The molecule has 2 aromatic heterocycles. The molecule has 0 aliphatic heterocycles. The Hall–Kier alpha value is -2.62. The Labute approximate surface area is 162 Å². The van der Waals surface area contributed by atoms with E-state index in [0.717, 1.165) is 62.2 Å². The second-order valence-electron chi connectivity index (χ2n) is 6.72. The zero-order chi connectivity index (χ0) is 18.9. The number of nitrogens with zero attached hydrogens (tertiary/aromatic N) is 2. The van der Waals surface area contributed by atoms with E-state index < -0.39 is 0 Å². The topological polar surface area (TPSA) is 44.2 Å². The molecule has 27 heavy (non-hydrogen) atoms. The van der Waals surface area contributed by atoms with Gasteiger partial charge in [0.05, 0.1) is 24.6 Å². The average Bonchev–Trinajstić information content (AvgIpc) is 3.17. The van der Waals surface area contributed by atoms with E-state index in [1.165, 1.54) is 11.1 Å². The molecule has 1 aliphatic carbocycles. The lowest BCUT2D eigenvalue weighted by atomic mass is 10.1. The van der Waals surface area contributed by atoms with Crippen LogP contribution in [0.15, 0.2) is 49.6 Å². The summed E-state index contributed by atoms with van der Waals surface area (Å²) in [7, 11) is 0. The minimum Gasteiger partial charge on any atom is -0.478 e. The molecule has 0 saturated carbocycles. The number of ether oxygens (including phenoxy) is 2. The number of rotatable bonds is 11. The van der Waals surface area contributed by atoms with Crippen molar-refractivity contribution in [2.24, 2.45) is 0 Å². The van der Waals surface area contributed by atoms with Crippen LogP contribution < -0.4 is 9.47 Å². The highest BCUT2D eigenvalue weighted by Gasteiger charge is 2.20. The highest BCUT2D eigenvalue weighted by atomic mass is 16.5. The molecule has 4 heteroatoms. The Morgan fingerprint density at radius 1 is 0.926 bits per heavy atom. The van der Waals surface area contributed by atoms with Gasteiger partial charge in [-0.1, -0.05) is 18.2 Å². The predicted molar refractivity (Wildman–Crippen MR) is 109 cm³/mol. The molecule has 0 radical (unpaired) electrons. The molecule has 0 unspecified atom stereocenters. The summed E-state index contributed by atoms with van der Waals surface area (Å²) >= 11 is 0. The molecule has 0 aromatic carbocycles. The van der Waals surface area contributed by atoms with E-state index >= 15 is 0 Å². The molecular weight excluding hydrogens is 336 g/mol. The molecule has 0 N–H and O–H groups in total. The van der Waals surface area contributed by atoms with Gasteiger partial charge in [0.2, 0.25) is 11.8 Å². The molecule has 0 amide bonds. The number of hydrogen-bond donors (Lipinski definition) is 0. The minimum atomic E-state index is 0.632. The van der Waals surface area contributed by atoms with Gasteiger partial charge in [-0.2, -0.15) is 0 Å². The second-order valence-corrected chi connectivity index (χ2v) is 6.72. The SMILES string of the molecule is C=CCCCOc1cccc(-c2cc3c(c(OCCCC=C)n2)CCC3)n1. The minimum absolute atomic E-state index is 0.632. The first-order valence-corrected chi connectivity index (χ1v) is 9.79. The monoisotopic (exact) mass is 364 g/mol. The summed E-state index contributed by atoms with van der Waals surface area (Å²) < 4.78 is 11.8. The summed E-state index contributed by atoms with van der Waals surface area (Å²) in [6.45, 7) is 8.79. The fourth-order valence-electron chi connectivity index (χ4n) is 3.23. The molecule has 0 spiro atoms. The van der Waals surface area contributed by atoms with Gasteiger partial charge in [0.1, 0.15) is 0 Å². The van der Waals surface area contributed by atoms with Crippen LogP contribution in [0.25, 0.3) is 11.4 Å². The van der Waals surface area contributed by atoms with Crippen LogP contribution in [-0.2, 0) is 12.8 Å². The molecule has 2 heterocycles. The van der Waals surface area contributed by atoms with Crippen molar-refractivity contribution < 1.29 is 9.47 Å². The highest BCUT2D eigenvalue weighted by molar-refractivity contribution is 5.59. The summed E-state index contributed by atoms with van der Waals surface area (Å²) in [5.41, 5.74) is 4.26. The van der Waals surface area contributed by atoms with Crippen LogP contribution in [0.5, 0.6) is 11.8 Å². The molecule has 3 rings (SSSR count). The number of unbranched alkanes of at least 4 members (excludes halogenated alkanes) is 2. The first kappa shape index (κ1) is 19.2. The van der Waals surface area contributed by atoms with E-state index in [2.05, 4.69) is 24.2 Å². The van der Waals surface area contributed by atoms with Crippen molar-refractivity contribution in [2.45, 2.75) is 44.9 Å². The van der Waals surface area contributed by atoms with Gasteiger partial charge in [-0.15, -0.1) is 13.2 Å². The number of fused-ring (bicyclic) bond motifs is 1. The van der Waals surface area contributed by atoms with Crippen LogP contribution in [0.2, 0.25) is 0 Å². The zero-order valence-electron chi connectivity index (χ0n) is 16.0. The van der Waals surface area contributed by atoms with Crippen LogP contribution in [0.4, 0.5) is 0 Å². The zero-order valence-corrected chi connectivity index (χ0v) is 16.0. The van der Waals surface area contributed by atoms with Crippen LogP contribution in [0, 0.1) is 0 Å². The standard InChI is InChI=1S/C23H28N2O2/c1-3-5-7-15-26-22-14-10-13-20(24-22)21-17-18-11-9-12-19(18)23(25-21)27-16-8-6-4-2/h3-4,10,13-14,17H,1-2,5-9,11-12,15-16H2. The quantitative estimate of drug-likeness (QED) is 0.400. The number of hydrogen-bond acceptors (Lipinski definition) is 4. The molecule has 0 fully saturated rings. The number of pyridine rings is 2. The van der Waals surface area contributed by atoms with Gasteiger partial charge < -0.3 is 9.47 Å². The summed E-state index contributed by atoms with van der Waals surface area (Å²) in [6, 6.07) is 7.98. The van der Waals surface area contributed by atoms with Gasteiger partial charge in [-0.3, -0.25) is 0 Å². The van der Waals surface area contributed by atoms with E-state index in [1.54, 1.807) is 0 Å². The summed E-state index contributed by atoms with van der Waals surface area (Å²) in [6.07, 6.45) is 10.9. The number of aromatic nitrogens is 2. The Bertz CT molecular complexity index is 786. The second kappa shape index (κ2) is 9.91. The van der Waals surface area contributed by atoms with Crippen molar-refractivity contribution in [3.05, 3.63) is 60.7 Å². The fraction of sp³-hybridized carbons (Fsp3) is 0.391. The van der Waals surface area contributed by atoms with E-state index in [9.17, 15) is 0 Å². The van der Waals surface area contributed by atoms with Crippen LogP contribution in [-0.4, -0.2) is 23.2 Å². The third-order valence-electron chi connectivity index (χ3n) is 4.63. The summed E-state index contributed by atoms with van der Waals surface area (Å²) in [5.74, 6) is 1.40. The van der Waals surface area contributed by atoms with Crippen molar-refractivity contribution in [1.82, 2.24) is 9.97 Å². The van der Waals surface area contributed by atoms with Gasteiger partial charge in [-0.05, 0) is 62.6 Å². The maximum atomic E-state index is 6.01. The molecule has 0 atom stereocenters. The lowest BCUT2D eigenvalue weighted by Crippen LogP contribution is -2.04.